The summed E-state index contributed by atoms with van der Waals surface area (Å²) >= 11 is 0. The predicted molar refractivity (Wildman–Crippen MR) is 87.6 cm³/mol. The minimum Gasteiger partial charge on any atom is -0.495 e. The predicted octanol–water partition coefficient (Wildman–Crippen LogP) is -0.201. The molecule has 2 aromatic rings. The lowest BCUT2D eigenvalue weighted by Crippen LogP contribution is -2.51. The molecule has 124 valence electrons. The molecule has 2 aromatic heterocycles. The zero-order valence-corrected chi connectivity index (χ0v) is 13.2. The third-order valence-electron chi connectivity index (χ3n) is 4.41. The quantitative estimate of drug-likeness (QED) is 0.811. The summed E-state index contributed by atoms with van der Waals surface area (Å²) in [5.74, 6) is 0.621. The molecule has 1 aliphatic rings. The van der Waals surface area contributed by atoms with Gasteiger partial charge in [-0.15, -0.1) is 0 Å². The SMILES string of the molecule is COc1cnc2ccc(=O)n(CCN3CCC(N)[C@H](O)C3)c2c1. The van der Waals surface area contributed by atoms with Crippen LogP contribution >= 0.6 is 0 Å². The third-order valence-corrected chi connectivity index (χ3v) is 4.41. The number of hydrogen-bond acceptors (Lipinski definition) is 6. The number of piperidine rings is 1. The first-order chi connectivity index (χ1) is 11.1. The summed E-state index contributed by atoms with van der Waals surface area (Å²) in [6.07, 6.45) is 1.90. The largest absolute Gasteiger partial charge is 0.495 e. The van der Waals surface area contributed by atoms with Gasteiger partial charge in [-0.1, -0.05) is 0 Å². The fourth-order valence-corrected chi connectivity index (χ4v) is 2.95. The highest BCUT2D eigenvalue weighted by Crippen LogP contribution is 2.17. The topological polar surface area (TPSA) is 93.6 Å². The Morgan fingerprint density at radius 1 is 1.43 bits per heavy atom. The van der Waals surface area contributed by atoms with Crippen LogP contribution < -0.4 is 16.0 Å². The maximum absolute atomic E-state index is 12.2. The number of fused-ring (bicyclic) bond motifs is 1. The summed E-state index contributed by atoms with van der Waals surface area (Å²) in [4.78, 5) is 18.7. The van der Waals surface area contributed by atoms with Crippen LogP contribution in [0.4, 0.5) is 0 Å². The van der Waals surface area contributed by atoms with Crippen molar-refractivity contribution in [3.63, 3.8) is 0 Å². The number of methoxy groups -OCH3 is 1. The first kappa shape index (κ1) is 15.9. The normalized spacial score (nSPS) is 22.4. The first-order valence-corrected chi connectivity index (χ1v) is 7.78. The van der Waals surface area contributed by atoms with E-state index in [0.29, 0.717) is 25.4 Å². The molecule has 7 nitrogen and oxygen atoms in total. The number of pyridine rings is 2. The van der Waals surface area contributed by atoms with E-state index in [4.69, 9.17) is 10.5 Å². The molecule has 0 aliphatic carbocycles. The van der Waals surface area contributed by atoms with Crippen LogP contribution in [0.5, 0.6) is 5.75 Å². The van der Waals surface area contributed by atoms with E-state index in [1.165, 1.54) is 6.07 Å². The van der Waals surface area contributed by atoms with Gasteiger partial charge >= 0.3 is 0 Å². The van der Waals surface area contributed by atoms with E-state index >= 15 is 0 Å². The highest BCUT2D eigenvalue weighted by molar-refractivity contribution is 5.75. The van der Waals surface area contributed by atoms with Crippen LogP contribution in [-0.2, 0) is 6.54 Å². The van der Waals surface area contributed by atoms with Gasteiger partial charge in [0.15, 0.2) is 0 Å². The van der Waals surface area contributed by atoms with Gasteiger partial charge in [0.05, 0.1) is 30.4 Å². The minimum atomic E-state index is -0.505. The van der Waals surface area contributed by atoms with Crippen LogP contribution in [0.15, 0.2) is 29.2 Å². The van der Waals surface area contributed by atoms with Crippen molar-refractivity contribution in [1.29, 1.82) is 0 Å². The van der Waals surface area contributed by atoms with Gasteiger partial charge in [-0.2, -0.15) is 0 Å². The van der Waals surface area contributed by atoms with E-state index in [1.807, 2.05) is 6.07 Å². The molecule has 0 aromatic carbocycles. The van der Waals surface area contributed by atoms with Crippen molar-refractivity contribution in [1.82, 2.24) is 14.5 Å². The third kappa shape index (κ3) is 3.36. The zero-order valence-electron chi connectivity index (χ0n) is 13.2. The Kier molecular flexibility index (Phi) is 4.61. The van der Waals surface area contributed by atoms with Crippen molar-refractivity contribution >= 4 is 11.0 Å². The van der Waals surface area contributed by atoms with Gasteiger partial charge in [0.1, 0.15) is 5.75 Å². The van der Waals surface area contributed by atoms with Crippen molar-refractivity contribution in [2.45, 2.75) is 25.1 Å². The molecule has 7 heteroatoms. The summed E-state index contributed by atoms with van der Waals surface area (Å²) in [6.45, 7) is 2.59. The average molecular weight is 318 g/mol. The second-order valence-corrected chi connectivity index (χ2v) is 5.92. The first-order valence-electron chi connectivity index (χ1n) is 7.78. The van der Waals surface area contributed by atoms with Gasteiger partial charge in [-0.05, 0) is 19.0 Å². The Labute approximate surface area is 134 Å². The molecule has 0 amide bonds. The number of rotatable bonds is 4. The maximum Gasteiger partial charge on any atom is 0.251 e. The molecule has 3 N–H and O–H groups in total. The Balaban J connectivity index is 1.82. The van der Waals surface area contributed by atoms with Crippen LogP contribution in [0, 0.1) is 0 Å². The van der Waals surface area contributed by atoms with E-state index in [-0.39, 0.29) is 11.6 Å². The number of nitrogens with two attached hydrogens (primary N) is 1. The molecule has 1 saturated heterocycles. The number of ether oxygens (including phenoxy) is 1. The molecule has 3 heterocycles. The number of nitrogens with zero attached hydrogens (tertiary/aromatic N) is 3. The van der Waals surface area contributed by atoms with Gasteiger partial charge in [0.25, 0.3) is 5.56 Å². The van der Waals surface area contributed by atoms with E-state index in [2.05, 4.69) is 9.88 Å². The standard InChI is InChI=1S/C16H22N4O3/c1-23-11-8-14-13(18-9-11)2-3-16(22)20(14)7-6-19-5-4-12(17)15(21)10-19/h2-3,8-9,12,15,21H,4-7,10,17H2,1H3/t12?,15-/m1/s1. The lowest BCUT2D eigenvalue weighted by Gasteiger charge is -2.34. The monoisotopic (exact) mass is 318 g/mol. The van der Waals surface area contributed by atoms with Gasteiger partial charge in [0.2, 0.25) is 0 Å². The summed E-state index contributed by atoms with van der Waals surface area (Å²) in [7, 11) is 1.58. The van der Waals surface area contributed by atoms with Crippen molar-refractivity contribution in [3.05, 3.63) is 34.7 Å². The van der Waals surface area contributed by atoms with Gasteiger partial charge in [-0.3, -0.25) is 14.7 Å². The number of aromatic nitrogens is 2. The molecule has 23 heavy (non-hydrogen) atoms. The van der Waals surface area contributed by atoms with Crippen LogP contribution in [0.25, 0.3) is 11.0 Å². The maximum atomic E-state index is 12.2. The molecular weight excluding hydrogens is 296 g/mol. The van der Waals surface area contributed by atoms with Gasteiger partial charge in [-0.25, -0.2) is 0 Å². The molecule has 1 aliphatic heterocycles. The Morgan fingerprint density at radius 3 is 3.00 bits per heavy atom. The van der Waals surface area contributed by atoms with Crippen LogP contribution in [0.1, 0.15) is 6.42 Å². The fraction of sp³-hybridized carbons (Fsp3) is 0.500. The van der Waals surface area contributed by atoms with Crippen molar-refractivity contribution in [2.75, 3.05) is 26.7 Å². The Morgan fingerprint density at radius 2 is 2.26 bits per heavy atom. The fourth-order valence-electron chi connectivity index (χ4n) is 2.95. The summed E-state index contributed by atoms with van der Waals surface area (Å²) in [5.41, 5.74) is 7.27. The summed E-state index contributed by atoms with van der Waals surface area (Å²) in [5, 5.41) is 9.88. The van der Waals surface area contributed by atoms with E-state index in [1.54, 1.807) is 23.9 Å². The van der Waals surface area contributed by atoms with E-state index in [0.717, 1.165) is 24.0 Å². The average Bonchev–Trinajstić information content (AvgIpc) is 2.56. The van der Waals surface area contributed by atoms with Gasteiger partial charge < -0.3 is 20.1 Å². The Hall–Kier alpha value is -1.96. The molecule has 0 spiro atoms. The van der Waals surface area contributed by atoms with E-state index < -0.39 is 6.10 Å². The Bertz CT molecular complexity index is 746. The molecule has 0 bridgehead atoms. The van der Waals surface area contributed by atoms with E-state index in [9.17, 15) is 9.90 Å². The number of aliphatic hydroxyl groups is 1. The molecular formula is C16H22N4O3. The summed E-state index contributed by atoms with van der Waals surface area (Å²) in [6, 6.07) is 4.92. The molecule has 0 saturated carbocycles. The molecule has 3 rings (SSSR count). The van der Waals surface area contributed by atoms with Crippen molar-refractivity contribution in [3.8, 4) is 5.75 Å². The highest BCUT2D eigenvalue weighted by atomic mass is 16.5. The number of likely N-dealkylation sites (tertiary alicyclic amines) is 1. The number of aliphatic hydroxyl groups excluding tert-OH is 1. The molecule has 1 fully saturated rings. The smallest absolute Gasteiger partial charge is 0.251 e. The van der Waals surface area contributed by atoms with Gasteiger partial charge in [0, 0.05) is 37.8 Å². The number of β-amino-alcohol motifs (C(OH)–C–C–N with tert-alkyl or cyclic N) is 1. The zero-order chi connectivity index (χ0) is 16.4. The minimum absolute atomic E-state index is 0.0678. The van der Waals surface area contributed by atoms with Crippen molar-refractivity contribution < 1.29 is 9.84 Å². The second-order valence-electron chi connectivity index (χ2n) is 5.92. The van der Waals surface area contributed by atoms with Crippen LogP contribution in [0.3, 0.4) is 0 Å². The highest BCUT2D eigenvalue weighted by Gasteiger charge is 2.24. The molecule has 0 radical (unpaired) electrons. The van der Waals surface area contributed by atoms with Crippen molar-refractivity contribution in [2.24, 2.45) is 5.73 Å². The molecule has 1 unspecified atom stereocenters. The second kappa shape index (κ2) is 6.66. The summed E-state index contributed by atoms with van der Waals surface area (Å²) < 4.78 is 6.90. The lowest BCUT2D eigenvalue weighted by molar-refractivity contribution is 0.0520. The van der Waals surface area contributed by atoms with Crippen LogP contribution in [-0.4, -0.2) is 58.4 Å². The molecule has 2 atom stereocenters. The lowest BCUT2D eigenvalue weighted by atomic mass is 10.0. The number of hydrogen-bond donors (Lipinski definition) is 2. The van der Waals surface area contributed by atoms with Crippen LogP contribution in [0.2, 0.25) is 0 Å².